The maximum absolute atomic E-state index is 12.8. The molecule has 0 saturated carbocycles. The van der Waals surface area contributed by atoms with Gasteiger partial charge in [-0.1, -0.05) is 59.6 Å². The number of carbonyl (C=O) groups excluding carboxylic acids is 2. The van der Waals surface area contributed by atoms with Gasteiger partial charge in [0.1, 0.15) is 12.4 Å². The Morgan fingerprint density at radius 3 is 2.40 bits per heavy atom. The van der Waals surface area contributed by atoms with Gasteiger partial charge in [-0.2, -0.15) is 5.10 Å². The lowest BCUT2D eigenvalue weighted by Gasteiger charge is -2.13. The molecule has 0 aliphatic heterocycles. The Morgan fingerprint density at radius 1 is 0.857 bits per heavy atom. The number of hydrazone groups is 1. The van der Waals surface area contributed by atoms with Crippen molar-refractivity contribution in [1.29, 1.82) is 0 Å². The van der Waals surface area contributed by atoms with Crippen molar-refractivity contribution < 1.29 is 23.8 Å². The van der Waals surface area contributed by atoms with Crippen molar-refractivity contribution in [2.75, 3.05) is 18.5 Å². The lowest BCUT2D eigenvalue weighted by Crippen LogP contribution is -2.20. The summed E-state index contributed by atoms with van der Waals surface area (Å²) in [6.07, 6.45) is 1.39. The van der Waals surface area contributed by atoms with E-state index in [4.69, 9.17) is 37.4 Å². The van der Waals surface area contributed by atoms with E-state index in [1.165, 1.54) is 6.21 Å². The number of nitrogens with one attached hydrogen (secondary N) is 2. The molecule has 0 heterocycles. The third kappa shape index (κ3) is 8.73. The number of carbonyl (C=O) groups is 2. The second-order valence-corrected chi connectivity index (χ2v) is 9.89. The summed E-state index contributed by atoms with van der Waals surface area (Å²) in [5, 5.41) is 7.77. The highest BCUT2D eigenvalue weighted by molar-refractivity contribution is 6.31. The summed E-state index contributed by atoms with van der Waals surface area (Å²) >= 11 is 12.3. The van der Waals surface area contributed by atoms with Gasteiger partial charge >= 0.3 is 0 Å². The summed E-state index contributed by atoms with van der Waals surface area (Å²) in [7, 11) is 0. The van der Waals surface area contributed by atoms with Gasteiger partial charge in [-0.05, 0) is 73.5 Å². The standard InChI is InChI=1S/C32H29Cl2N3O5/c1-3-40-30-16-23(10-13-29(30)41-19-22-7-5-4-6-8-22)32(39)37-35-18-24-15-25(33)11-14-28(24)42-20-31(38)36-26-12-9-21(2)27(34)17-26/h4-18H,3,19-20H2,1-2H3,(H,36,38)(H,37,39)/b35-18+. The van der Waals surface area contributed by atoms with Crippen LogP contribution in [0.2, 0.25) is 10.0 Å². The molecule has 0 radical (unpaired) electrons. The van der Waals surface area contributed by atoms with Crippen molar-refractivity contribution >= 4 is 46.9 Å². The molecule has 4 aromatic rings. The molecule has 0 atom stereocenters. The van der Waals surface area contributed by atoms with Crippen molar-refractivity contribution in [1.82, 2.24) is 5.43 Å². The first-order valence-corrected chi connectivity index (χ1v) is 13.8. The molecule has 0 aliphatic rings. The third-order valence-corrected chi connectivity index (χ3v) is 6.54. The molecule has 0 aromatic heterocycles. The van der Waals surface area contributed by atoms with Crippen LogP contribution in [-0.2, 0) is 11.4 Å². The molecule has 10 heteroatoms. The molecule has 8 nitrogen and oxygen atoms in total. The number of ether oxygens (including phenoxy) is 3. The SMILES string of the molecule is CCOc1cc(C(=O)N/N=C/c2cc(Cl)ccc2OCC(=O)Nc2ccc(C)c(Cl)c2)ccc1OCc1ccccc1. The van der Waals surface area contributed by atoms with Crippen LogP contribution in [0.3, 0.4) is 0 Å². The van der Waals surface area contributed by atoms with Crippen molar-refractivity contribution in [2.24, 2.45) is 5.10 Å². The molecule has 0 aliphatic carbocycles. The minimum absolute atomic E-state index is 0.265. The average molecular weight is 607 g/mol. The quantitative estimate of drug-likeness (QED) is 0.133. The van der Waals surface area contributed by atoms with E-state index in [-0.39, 0.29) is 12.5 Å². The van der Waals surface area contributed by atoms with Crippen LogP contribution in [0.1, 0.15) is 34.0 Å². The van der Waals surface area contributed by atoms with Gasteiger partial charge < -0.3 is 19.5 Å². The summed E-state index contributed by atoms with van der Waals surface area (Å²) in [6.45, 7) is 4.23. The minimum Gasteiger partial charge on any atom is -0.490 e. The highest BCUT2D eigenvalue weighted by Gasteiger charge is 2.13. The van der Waals surface area contributed by atoms with E-state index in [1.807, 2.05) is 50.2 Å². The van der Waals surface area contributed by atoms with Gasteiger partial charge in [0.15, 0.2) is 18.1 Å². The molecule has 0 unspecified atom stereocenters. The third-order valence-electron chi connectivity index (χ3n) is 5.90. The Balaban J connectivity index is 1.37. The lowest BCUT2D eigenvalue weighted by atomic mass is 10.2. The Bertz CT molecular complexity index is 1580. The maximum Gasteiger partial charge on any atom is 0.271 e. The van der Waals surface area contributed by atoms with E-state index in [0.29, 0.717) is 57.3 Å². The average Bonchev–Trinajstić information content (AvgIpc) is 2.98. The molecule has 216 valence electrons. The van der Waals surface area contributed by atoms with Gasteiger partial charge in [0.25, 0.3) is 11.8 Å². The smallest absolute Gasteiger partial charge is 0.271 e. The number of rotatable bonds is 12. The number of hydrogen-bond acceptors (Lipinski definition) is 6. The predicted molar refractivity (Wildman–Crippen MR) is 165 cm³/mol. The van der Waals surface area contributed by atoms with Gasteiger partial charge in [-0.15, -0.1) is 0 Å². The second-order valence-electron chi connectivity index (χ2n) is 9.05. The molecule has 2 N–H and O–H groups in total. The highest BCUT2D eigenvalue weighted by Crippen LogP contribution is 2.29. The fourth-order valence-corrected chi connectivity index (χ4v) is 4.12. The zero-order chi connectivity index (χ0) is 29.9. The van der Waals surface area contributed by atoms with Gasteiger partial charge in [-0.25, -0.2) is 5.43 Å². The predicted octanol–water partition coefficient (Wildman–Crippen LogP) is 7.06. The first-order valence-electron chi connectivity index (χ1n) is 13.1. The van der Waals surface area contributed by atoms with Crippen molar-refractivity contribution in [2.45, 2.75) is 20.5 Å². The van der Waals surface area contributed by atoms with Crippen LogP contribution < -0.4 is 25.0 Å². The summed E-state index contributed by atoms with van der Waals surface area (Å²) in [4.78, 5) is 25.2. The fourth-order valence-electron chi connectivity index (χ4n) is 3.76. The van der Waals surface area contributed by atoms with Gasteiger partial charge in [0.05, 0.1) is 12.8 Å². The number of nitrogens with zero attached hydrogens (tertiary/aromatic N) is 1. The van der Waals surface area contributed by atoms with Crippen LogP contribution in [0, 0.1) is 6.92 Å². The number of amides is 2. The van der Waals surface area contributed by atoms with Crippen molar-refractivity contribution in [3.8, 4) is 17.2 Å². The van der Waals surface area contributed by atoms with Crippen LogP contribution in [0.15, 0.2) is 90.0 Å². The van der Waals surface area contributed by atoms with Crippen molar-refractivity contribution in [3.05, 3.63) is 117 Å². The van der Waals surface area contributed by atoms with E-state index < -0.39 is 5.91 Å². The van der Waals surface area contributed by atoms with Crippen LogP contribution in [-0.4, -0.2) is 31.2 Å². The largest absolute Gasteiger partial charge is 0.490 e. The maximum atomic E-state index is 12.8. The van der Waals surface area contributed by atoms with Crippen LogP contribution in [0.4, 0.5) is 5.69 Å². The second kappa shape index (κ2) is 14.9. The normalized spacial score (nSPS) is 10.8. The molecular weight excluding hydrogens is 577 g/mol. The van der Waals surface area contributed by atoms with E-state index >= 15 is 0 Å². The minimum atomic E-state index is -0.456. The van der Waals surface area contributed by atoms with Crippen LogP contribution >= 0.6 is 23.2 Å². The zero-order valence-electron chi connectivity index (χ0n) is 23.0. The first kappa shape index (κ1) is 30.4. The van der Waals surface area contributed by atoms with Gasteiger partial charge in [0.2, 0.25) is 0 Å². The molecule has 4 rings (SSSR count). The fraction of sp³-hybridized carbons (Fsp3) is 0.156. The number of benzene rings is 4. The molecule has 0 fully saturated rings. The number of anilines is 1. The van der Waals surface area contributed by atoms with E-state index in [1.54, 1.807) is 48.5 Å². The number of hydrogen-bond donors (Lipinski definition) is 2. The number of aryl methyl sites for hydroxylation is 1. The summed E-state index contributed by atoms with van der Waals surface area (Å²) in [5.41, 5.74) is 5.76. The van der Waals surface area contributed by atoms with Gasteiger partial charge in [-0.3, -0.25) is 9.59 Å². The molecule has 0 bridgehead atoms. The number of halogens is 2. The summed E-state index contributed by atoms with van der Waals surface area (Å²) in [6, 6.07) is 24.7. The molecule has 0 spiro atoms. The monoisotopic (exact) mass is 605 g/mol. The summed E-state index contributed by atoms with van der Waals surface area (Å²) < 4.78 is 17.3. The molecular formula is C32H29Cl2N3O5. The highest BCUT2D eigenvalue weighted by atomic mass is 35.5. The van der Waals surface area contributed by atoms with E-state index in [9.17, 15) is 9.59 Å². The van der Waals surface area contributed by atoms with E-state index in [2.05, 4.69) is 15.8 Å². The molecule has 42 heavy (non-hydrogen) atoms. The molecule has 2 amide bonds. The molecule has 0 saturated heterocycles. The van der Waals surface area contributed by atoms with Crippen molar-refractivity contribution in [3.63, 3.8) is 0 Å². The Hall–Kier alpha value is -4.53. The van der Waals surface area contributed by atoms with Gasteiger partial charge in [0, 0.05) is 26.9 Å². The Morgan fingerprint density at radius 2 is 1.64 bits per heavy atom. The Labute approximate surface area is 254 Å². The summed E-state index contributed by atoms with van der Waals surface area (Å²) in [5.74, 6) is 0.496. The first-order chi connectivity index (χ1) is 20.3. The molecule has 4 aromatic carbocycles. The van der Waals surface area contributed by atoms with Crippen LogP contribution in [0.25, 0.3) is 0 Å². The van der Waals surface area contributed by atoms with E-state index in [0.717, 1.165) is 11.1 Å². The Kier molecular flexibility index (Phi) is 10.8. The zero-order valence-corrected chi connectivity index (χ0v) is 24.5. The van der Waals surface area contributed by atoms with Crippen LogP contribution in [0.5, 0.6) is 17.2 Å². The topological polar surface area (TPSA) is 98.3 Å². The lowest BCUT2D eigenvalue weighted by molar-refractivity contribution is -0.118.